The third-order valence-corrected chi connectivity index (χ3v) is 6.07. The highest BCUT2D eigenvalue weighted by Gasteiger charge is 2.34. The fourth-order valence-electron chi connectivity index (χ4n) is 3.67. The molecule has 2 nitrogen and oxygen atoms in total. The van der Waals surface area contributed by atoms with Gasteiger partial charge in [0.05, 0.1) is 0 Å². The molecule has 0 N–H and O–H groups in total. The van der Waals surface area contributed by atoms with Gasteiger partial charge in [0.15, 0.2) is 0 Å². The van der Waals surface area contributed by atoms with Gasteiger partial charge in [-0.15, -0.1) is 0 Å². The Labute approximate surface area is 149 Å². The van der Waals surface area contributed by atoms with Crippen molar-refractivity contribution in [2.75, 3.05) is 26.2 Å². The summed E-state index contributed by atoms with van der Waals surface area (Å²) in [4.78, 5) is 2.55. The Kier molecular flexibility index (Phi) is 6.01. The molecule has 1 heterocycles. The van der Waals surface area contributed by atoms with Gasteiger partial charge in [0.25, 0.3) is 0 Å². The van der Waals surface area contributed by atoms with E-state index in [9.17, 15) is 0 Å². The Bertz CT molecular complexity index is 502. The number of nitrogens with zero attached hydrogens (tertiary/aromatic N) is 1. The van der Waals surface area contributed by atoms with Crippen molar-refractivity contribution in [2.24, 2.45) is 17.3 Å². The normalized spacial score (nSPS) is 23.3. The van der Waals surface area contributed by atoms with Gasteiger partial charge in [-0.3, -0.25) is 4.90 Å². The van der Waals surface area contributed by atoms with E-state index in [0.29, 0.717) is 0 Å². The number of piperidine rings is 1. The van der Waals surface area contributed by atoms with Crippen LogP contribution in [0.4, 0.5) is 0 Å². The standard InChI is InChI=1S/C22H37NO/c1-17-14-18(2)16-23(15-17)12-13-24-20-10-8-19(9-11-20)22(6,7)21(3,4)5/h8-11,17-18H,12-16H2,1-7H3. The molecule has 0 bridgehead atoms. The van der Waals surface area contributed by atoms with E-state index in [2.05, 4.69) is 77.6 Å². The van der Waals surface area contributed by atoms with Crippen LogP contribution in [-0.2, 0) is 5.41 Å². The minimum absolute atomic E-state index is 0.144. The van der Waals surface area contributed by atoms with Crippen LogP contribution in [0.15, 0.2) is 24.3 Å². The lowest BCUT2D eigenvalue weighted by atomic mass is 9.65. The van der Waals surface area contributed by atoms with E-state index in [1.54, 1.807) is 0 Å². The van der Waals surface area contributed by atoms with Crippen molar-refractivity contribution in [1.82, 2.24) is 4.90 Å². The van der Waals surface area contributed by atoms with Crippen molar-refractivity contribution in [3.8, 4) is 5.75 Å². The second kappa shape index (κ2) is 7.47. The molecule has 1 aliphatic heterocycles. The average molecular weight is 332 g/mol. The molecule has 2 unspecified atom stereocenters. The Balaban J connectivity index is 1.86. The van der Waals surface area contributed by atoms with Crippen LogP contribution in [-0.4, -0.2) is 31.1 Å². The molecule has 2 rings (SSSR count). The molecule has 1 saturated heterocycles. The van der Waals surface area contributed by atoms with Crippen LogP contribution < -0.4 is 4.74 Å². The van der Waals surface area contributed by atoms with Crippen LogP contribution in [0.25, 0.3) is 0 Å². The number of rotatable bonds is 5. The lowest BCUT2D eigenvalue weighted by molar-refractivity contribution is 0.120. The molecular formula is C22H37NO. The van der Waals surface area contributed by atoms with Crippen LogP contribution >= 0.6 is 0 Å². The number of benzene rings is 1. The van der Waals surface area contributed by atoms with Crippen molar-refractivity contribution in [3.05, 3.63) is 29.8 Å². The van der Waals surface area contributed by atoms with Crippen molar-refractivity contribution < 1.29 is 4.74 Å². The summed E-state index contributed by atoms with van der Waals surface area (Å²) in [7, 11) is 0. The summed E-state index contributed by atoms with van der Waals surface area (Å²) in [5.41, 5.74) is 1.75. The first-order valence-corrected chi connectivity index (χ1v) is 9.55. The van der Waals surface area contributed by atoms with E-state index in [0.717, 1.165) is 30.7 Å². The van der Waals surface area contributed by atoms with E-state index < -0.39 is 0 Å². The minimum Gasteiger partial charge on any atom is -0.492 e. The third kappa shape index (κ3) is 4.75. The summed E-state index contributed by atoms with van der Waals surface area (Å²) >= 11 is 0. The summed E-state index contributed by atoms with van der Waals surface area (Å²) < 4.78 is 5.99. The van der Waals surface area contributed by atoms with Gasteiger partial charge in [0.1, 0.15) is 12.4 Å². The van der Waals surface area contributed by atoms with Crippen LogP contribution in [0, 0.1) is 17.3 Å². The molecule has 2 atom stereocenters. The number of hydrogen-bond donors (Lipinski definition) is 0. The molecule has 24 heavy (non-hydrogen) atoms. The third-order valence-electron chi connectivity index (χ3n) is 6.07. The van der Waals surface area contributed by atoms with Crippen molar-refractivity contribution in [1.29, 1.82) is 0 Å². The highest BCUT2D eigenvalue weighted by molar-refractivity contribution is 5.32. The van der Waals surface area contributed by atoms with Crippen LogP contribution in [0.2, 0.25) is 0 Å². The summed E-state index contributed by atoms with van der Waals surface area (Å²) in [6.07, 6.45) is 1.36. The van der Waals surface area contributed by atoms with Crippen molar-refractivity contribution >= 4 is 0 Å². The zero-order valence-corrected chi connectivity index (χ0v) is 16.9. The van der Waals surface area contributed by atoms with Gasteiger partial charge in [-0.2, -0.15) is 0 Å². The van der Waals surface area contributed by atoms with Gasteiger partial charge in [0.2, 0.25) is 0 Å². The first-order chi connectivity index (χ1) is 11.1. The first kappa shape index (κ1) is 19.3. The lowest BCUT2D eigenvalue weighted by Gasteiger charge is -2.39. The zero-order chi connectivity index (χ0) is 18.0. The molecule has 0 aliphatic carbocycles. The smallest absolute Gasteiger partial charge is 0.119 e. The van der Waals surface area contributed by atoms with Gasteiger partial charge in [-0.25, -0.2) is 0 Å². The Hall–Kier alpha value is -1.02. The van der Waals surface area contributed by atoms with Gasteiger partial charge >= 0.3 is 0 Å². The van der Waals surface area contributed by atoms with E-state index in [1.807, 2.05) is 0 Å². The molecule has 0 aromatic heterocycles. The monoisotopic (exact) mass is 331 g/mol. The highest BCUT2D eigenvalue weighted by Crippen LogP contribution is 2.41. The van der Waals surface area contributed by atoms with Crippen LogP contribution in [0.5, 0.6) is 5.75 Å². The molecule has 0 spiro atoms. The Morgan fingerprint density at radius 1 is 0.958 bits per heavy atom. The molecule has 1 aromatic rings. The summed E-state index contributed by atoms with van der Waals surface area (Å²) in [5, 5.41) is 0. The zero-order valence-electron chi connectivity index (χ0n) is 16.9. The quantitative estimate of drug-likeness (QED) is 0.719. The maximum atomic E-state index is 5.99. The van der Waals surface area contributed by atoms with E-state index in [4.69, 9.17) is 4.74 Å². The van der Waals surface area contributed by atoms with E-state index in [1.165, 1.54) is 25.1 Å². The highest BCUT2D eigenvalue weighted by atomic mass is 16.5. The largest absolute Gasteiger partial charge is 0.492 e. The average Bonchev–Trinajstić information content (AvgIpc) is 2.45. The summed E-state index contributed by atoms with van der Waals surface area (Å²) in [6, 6.07) is 8.71. The molecule has 1 fully saturated rings. The molecule has 0 saturated carbocycles. The minimum atomic E-state index is 0.144. The molecule has 1 aromatic carbocycles. The number of likely N-dealkylation sites (tertiary alicyclic amines) is 1. The Morgan fingerprint density at radius 2 is 1.50 bits per heavy atom. The SMILES string of the molecule is CC1CC(C)CN(CCOc2ccc(C(C)(C)C(C)(C)C)cc2)C1. The Morgan fingerprint density at radius 3 is 2.00 bits per heavy atom. The summed E-state index contributed by atoms with van der Waals surface area (Å²) in [6.45, 7) is 20.5. The van der Waals surface area contributed by atoms with Gasteiger partial charge in [-0.1, -0.05) is 60.6 Å². The topological polar surface area (TPSA) is 12.5 Å². The second-order valence-electron chi connectivity index (χ2n) is 9.45. The second-order valence-corrected chi connectivity index (χ2v) is 9.45. The van der Waals surface area contributed by atoms with Crippen molar-refractivity contribution in [2.45, 2.75) is 60.3 Å². The molecular weight excluding hydrogens is 294 g/mol. The predicted molar refractivity (Wildman–Crippen MR) is 104 cm³/mol. The van der Waals surface area contributed by atoms with E-state index >= 15 is 0 Å². The molecule has 0 radical (unpaired) electrons. The molecule has 136 valence electrons. The number of ether oxygens (including phenoxy) is 1. The van der Waals surface area contributed by atoms with Crippen LogP contribution in [0.1, 0.15) is 60.5 Å². The summed E-state index contributed by atoms with van der Waals surface area (Å²) in [5.74, 6) is 2.61. The first-order valence-electron chi connectivity index (χ1n) is 9.55. The van der Waals surface area contributed by atoms with Gasteiger partial charge in [-0.05, 0) is 46.8 Å². The van der Waals surface area contributed by atoms with Gasteiger partial charge in [0, 0.05) is 19.6 Å². The molecule has 2 heteroatoms. The fourth-order valence-corrected chi connectivity index (χ4v) is 3.67. The number of hydrogen-bond acceptors (Lipinski definition) is 2. The molecule has 0 amide bonds. The van der Waals surface area contributed by atoms with Crippen molar-refractivity contribution in [3.63, 3.8) is 0 Å². The maximum Gasteiger partial charge on any atom is 0.119 e. The van der Waals surface area contributed by atoms with Gasteiger partial charge < -0.3 is 4.74 Å². The lowest BCUT2D eigenvalue weighted by Crippen LogP contribution is -2.40. The maximum absolute atomic E-state index is 5.99. The van der Waals surface area contributed by atoms with Crippen LogP contribution in [0.3, 0.4) is 0 Å². The fraction of sp³-hybridized carbons (Fsp3) is 0.727. The predicted octanol–water partition coefficient (Wildman–Crippen LogP) is 5.37. The molecule has 1 aliphatic rings. The van der Waals surface area contributed by atoms with E-state index in [-0.39, 0.29) is 10.8 Å².